The number of aromatic nitrogens is 1. The van der Waals surface area contributed by atoms with Gasteiger partial charge in [-0.05, 0) is 12.8 Å². The smallest absolute Gasteiger partial charge is 0.363 e. The number of carbonyl (C=O) groups is 2. The van der Waals surface area contributed by atoms with E-state index < -0.39 is 17.0 Å². The lowest BCUT2D eigenvalue weighted by molar-refractivity contribution is -0.0789. The van der Waals surface area contributed by atoms with E-state index >= 15 is 0 Å². The van der Waals surface area contributed by atoms with Gasteiger partial charge < -0.3 is 4.98 Å². The van der Waals surface area contributed by atoms with Crippen LogP contribution in [0.5, 0.6) is 0 Å². The zero-order valence-electron chi connectivity index (χ0n) is 10.2. The molecule has 0 saturated carbocycles. The molecule has 0 spiro atoms. The Morgan fingerprint density at radius 3 is 2.61 bits per heavy atom. The molecule has 0 saturated heterocycles. The van der Waals surface area contributed by atoms with E-state index in [1.807, 2.05) is 13.8 Å². The molecule has 0 bridgehead atoms. The molecule has 5 nitrogen and oxygen atoms in total. The SMILES string of the molecule is CC.O=C(OF)c1c[nH]c2c(c1=O)C(=O)CCC2. The second-order valence-corrected chi connectivity index (χ2v) is 3.53. The predicted molar refractivity (Wildman–Crippen MR) is 62.2 cm³/mol. The number of carbonyl (C=O) groups excluding carboxylic acids is 2. The third kappa shape index (κ3) is 2.47. The molecule has 2 rings (SSSR count). The van der Waals surface area contributed by atoms with Gasteiger partial charge in [-0.1, -0.05) is 13.8 Å². The number of hydrogen-bond donors (Lipinski definition) is 1. The summed E-state index contributed by atoms with van der Waals surface area (Å²) in [7, 11) is 0. The van der Waals surface area contributed by atoms with Crippen LogP contribution in [0.4, 0.5) is 4.53 Å². The fourth-order valence-electron chi connectivity index (χ4n) is 1.80. The number of Topliss-reactive ketones (excluding diaryl/α,β-unsaturated/α-hetero) is 1. The van der Waals surface area contributed by atoms with Gasteiger partial charge in [0.05, 0.1) is 5.56 Å². The van der Waals surface area contributed by atoms with E-state index in [-0.39, 0.29) is 17.8 Å². The molecule has 0 unspecified atom stereocenters. The van der Waals surface area contributed by atoms with Crippen LogP contribution in [0, 0.1) is 0 Å². The van der Waals surface area contributed by atoms with Gasteiger partial charge in [-0.25, -0.2) is 9.74 Å². The lowest BCUT2D eigenvalue weighted by atomic mass is 9.93. The quantitative estimate of drug-likeness (QED) is 0.832. The summed E-state index contributed by atoms with van der Waals surface area (Å²) in [5, 5.41) is 0. The zero-order chi connectivity index (χ0) is 13.7. The fourth-order valence-corrected chi connectivity index (χ4v) is 1.80. The van der Waals surface area contributed by atoms with Gasteiger partial charge in [-0.2, -0.15) is 0 Å². The highest BCUT2D eigenvalue weighted by atomic mass is 19.3. The topological polar surface area (TPSA) is 76.2 Å². The Kier molecular flexibility index (Phi) is 4.76. The largest absolute Gasteiger partial charge is 0.384 e. The molecular formula is C12H14FNO4. The summed E-state index contributed by atoms with van der Waals surface area (Å²) >= 11 is 0. The van der Waals surface area contributed by atoms with E-state index in [1.165, 1.54) is 0 Å². The molecule has 0 aliphatic heterocycles. The molecular weight excluding hydrogens is 241 g/mol. The molecule has 1 heterocycles. The standard InChI is InChI=1S/C10H8FNO4.C2H6/c11-16-10(15)5-4-12-6-2-1-3-7(13)8(6)9(5)14;1-2/h4H,1-3H2,(H,12,14);1-2H3. The lowest BCUT2D eigenvalue weighted by Gasteiger charge is -2.13. The number of hydrogen-bond acceptors (Lipinski definition) is 4. The second-order valence-electron chi connectivity index (χ2n) is 3.53. The molecule has 1 aromatic rings. The maximum atomic E-state index is 11.7. The van der Waals surface area contributed by atoms with Crippen molar-refractivity contribution in [2.45, 2.75) is 33.1 Å². The van der Waals surface area contributed by atoms with Crippen LogP contribution < -0.4 is 5.43 Å². The number of nitrogens with one attached hydrogen (secondary N) is 1. The van der Waals surface area contributed by atoms with Crippen molar-refractivity contribution in [1.82, 2.24) is 4.98 Å². The maximum absolute atomic E-state index is 11.7. The van der Waals surface area contributed by atoms with Gasteiger partial charge >= 0.3 is 5.97 Å². The number of halogens is 1. The van der Waals surface area contributed by atoms with Crippen LogP contribution in [0.3, 0.4) is 0 Å². The Hall–Kier alpha value is -1.98. The first kappa shape index (κ1) is 14.1. The number of pyridine rings is 1. The van der Waals surface area contributed by atoms with Gasteiger partial charge in [0.15, 0.2) is 5.78 Å². The lowest BCUT2D eigenvalue weighted by Crippen LogP contribution is -2.28. The van der Waals surface area contributed by atoms with Crippen molar-refractivity contribution in [3.63, 3.8) is 0 Å². The van der Waals surface area contributed by atoms with Crippen molar-refractivity contribution in [1.29, 1.82) is 0 Å². The minimum absolute atomic E-state index is 0.0471. The van der Waals surface area contributed by atoms with Crippen LogP contribution in [-0.4, -0.2) is 16.7 Å². The first-order chi connectivity index (χ1) is 8.65. The molecule has 1 aromatic heterocycles. The second kappa shape index (κ2) is 6.09. The van der Waals surface area contributed by atoms with Crippen LogP contribution >= 0.6 is 0 Å². The van der Waals surface area contributed by atoms with Gasteiger partial charge in [0.2, 0.25) is 5.43 Å². The van der Waals surface area contributed by atoms with E-state index in [2.05, 4.69) is 9.93 Å². The van der Waals surface area contributed by atoms with E-state index in [4.69, 9.17) is 0 Å². The number of aromatic amines is 1. The molecule has 6 heteroatoms. The number of aryl methyl sites for hydroxylation is 1. The van der Waals surface area contributed by atoms with Crippen molar-refractivity contribution in [3.8, 4) is 0 Å². The molecule has 98 valence electrons. The van der Waals surface area contributed by atoms with Gasteiger partial charge in [0.25, 0.3) is 0 Å². The molecule has 1 aliphatic rings. The predicted octanol–water partition coefficient (Wildman–Crippen LogP) is 1.96. The average molecular weight is 255 g/mol. The monoisotopic (exact) mass is 255 g/mol. The molecule has 0 aromatic carbocycles. The van der Waals surface area contributed by atoms with Gasteiger partial charge in [-0.15, -0.1) is 0 Å². The molecule has 0 radical (unpaired) electrons. The molecule has 1 aliphatic carbocycles. The third-order valence-corrected chi connectivity index (χ3v) is 2.56. The summed E-state index contributed by atoms with van der Waals surface area (Å²) in [5.41, 5.74) is -0.802. The molecule has 0 fully saturated rings. The Bertz CT molecular complexity index is 521. The van der Waals surface area contributed by atoms with Crippen LogP contribution in [0.1, 0.15) is 53.1 Å². The van der Waals surface area contributed by atoms with E-state index in [1.54, 1.807) is 0 Å². The van der Waals surface area contributed by atoms with Gasteiger partial charge in [-0.3, -0.25) is 9.59 Å². The normalized spacial score (nSPS) is 13.2. The highest BCUT2D eigenvalue weighted by molar-refractivity contribution is 6.00. The number of H-pyrrole nitrogens is 1. The van der Waals surface area contributed by atoms with E-state index in [9.17, 15) is 18.9 Å². The number of rotatable bonds is 1. The molecule has 18 heavy (non-hydrogen) atoms. The highest BCUT2D eigenvalue weighted by Gasteiger charge is 2.25. The number of ketones is 1. The van der Waals surface area contributed by atoms with Crippen LogP contribution in [0.25, 0.3) is 0 Å². The molecule has 0 amide bonds. The van der Waals surface area contributed by atoms with Crippen molar-refractivity contribution in [2.24, 2.45) is 0 Å². The Balaban J connectivity index is 0.000000771. The van der Waals surface area contributed by atoms with Crippen molar-refractivity contribution in [3.05, 3.63) is 33.2 Å². The summed E-state index contributed by atoms with van der Waals surface area (Å²) in [5.74, 6) is -1.71. The van der Waals surface area contributed by atoms with Crippen molar-refractivity contribution < 1.29 is 19.1 Å². The molecule has 0 atom stereocenters. The van der Waals surface area contributed by atoms with Crippen LogP contribution in [0.15, 0.2) is 11.0 Å². The average Bonchev–Trinajstić information content (AvgIpc) is 2.40. The summed E-state index contributed by atoms with van der Waals surface area (Å²) in [6.45, 7) is 4.00. The van der Waals surface area contributed by atoms with Crippen LogP contribution in [0.2, 0.25) is 0 Å². The fraction of sp³-hybridized carbons (Fsp3) is 0.417. The summed E-state index contributed by atoms with van der Waals surface area (Å²) < 4.78 is 11.7. The Labute approximate surface area is 103 Å². The minimum atomic E-state index is -1.39. The third-order valence-electron chi connectivity index (χ3n) is 2.56. The van der Waals surface area contributed by atoms with Crippen molar-refractivity contribution in [2.75, 3.05) is 0 Å². The first-order valence-electron chi connectivity index (χ1n) is 5.76. The van der Waals surface area contributed by atoms with E-state index in [0.29, 0.717) is 18.5 Å². The highest BCUT2D eigenvalue weighted by Crippen LogP contribution is 2.16. The molecule has 1 N–H and O–H groups in total. The zero-order valence-corrected chi connectivity index (χ0v) is 10.2. The summed E-state index contributed by atoms with van der Waals surface area (Å²) in [6.07, 6.45) is 2.57. The van der Waals surface area contributed by atoms with Crippen LogP contribution in [-0.2, 0) is 11.4 Å². The summed E-state index contributed by atoms with van der Waals surface area (Å²) in [6, 6.07) is 0. The van der Waals surface area contributed by atoms with Crippen molar-refractivity contribution >= 4 is 11.8 Å². The maximum Gasteiger partial charge on any atom is 0.384 e. The van der Waals surface area contributed by atoms with E-state index in [0.717, 1.165) is 6.20 Å². The summed E-state index contributed by atoms with van der Waals surface area (Å²) in [4.78, 5) is 39.7. The number of fused-ring (bicyclic) bond motifs is 1. The minimum Gasteiger partial charge on any atom is -0.363 e. The Morgan fingerprint density at radius 2 is 2.00 bits per heavy atom. The van der Waals surface area contributed by atoms with Gasteiger partial charge in [0, 0.05) is 22.8 Å². The van der Waals surface area contributed by atoms with Gasteiger partial charge in [0.1, 0.15) is 5.56 Å². The Morgan fingerprint density at radius 1 is 1.33 bits per heavy atom. The first-order valence-corrected chi connectivity index (χ1v) is 5.76.